The average molecular weight is 280 g/mol. The van der Waals surface area contributed by atoms with E-state index in [4.69, 9.17) is 15.3 Å². The third kappa shape index (κ3) is 3.51. The van der Waals surface area contributed by atoms with Crippen molar-refractivity contribution in [2.75, 3.05) is 13.2 Å². The van der Waals surface area contributed by atoms with Gasteiger partial charge in [0.2, 0.25) is 0 Å². The van der Waals surface area contributed by atoms with Crippen LogP contribution in [0.5, 0.6) is 5.75 Å². The molecule has 0 saturated carbocycles. The normalized spacial score (nSPS) is 13.2. The van der Waals surface area contributed by atoms with E-state index in [9.17, 15) is 0 Å². The van der Waals surface area contributed by atoms with Gasteiger partial charge < -0.3 is 9.47 Å². The summed E-state index contributed by atoms with van der Waals surface area (Å²) in [6.45, 7) is 9.56. The van der Waals surface area contributed by atoms with E-state index in [1.165, 1.54) is 0 Å². The molecule has 0 amide bonds. The van der Waals surface area contributed by atoms with Crippen molar-refractivity contribution in [3.63, 3.8) is 0 Å². The molecule has 4 heteroatoms. The van der Waals surface area contributed by atoms with Crippen LogP contribution < -0.4 is 16.0 Å². The van der Waals surface area contributed by atoms with Gasteiger partial charge >= 0.3 is 0 Å². The van der Waals surface area contributed by atoms with E-state index in [-0.39, 0.29) is 11.6 Å². The van der Waals surface area contributed by atoms with Crippen LogP contribution in [0, 0.1) is 0 Å². The highest BCUT2D eigenvalue weighted by Crippen LogP contribution is 2.38. The Morgan fingerprint density at radius 1 is 1.10 bits per heavy atom. The third-order valence-corrected chi connectivity index (χ3v) is 3.85. The number of para-hydroxylation sites is 1. The summed E-state index contributed by atoms with van der Waals surface area (Å²) in [5, 5.41) is 0. The number of hydrogen-bond donors (Lipinski definition) is 2. The van der Waals surface area contributed by atoms with Crippen LogP contribution in [-0.2, 0) is 4.74 Å². The van der Waals surface area contributed by atoms with Crippen molar-refractivity contribution in [3.05, 3.63) is 29.8 Å². The number of nitrogens with two attached hydrogens (primary N) is 1. The summed E-state index contributed by atoms with van der Waals surface area (Å²) >= 11 is 0. The smallest absolute Gasteiger partial charge is 0.124 e. The molecule has 0 saturated heterocycles. The molecule has 3 N–H and O–H groups in total. The highest BCUT2D eigenvalue weighted by atomic mass is 16.5. The average Bonchev–Trinajstić information content (AvgIpc) is 2.49. The number of benzene rings is 1. The van der Waals surface area contributed by atoms with Gasteiger partial charge in [-0.1, -0.05) is 32.0 Å². The molecule has 0 aliphatic carbocycles. The first-order valence-corrected chi connectivity index (χ1v) is 7.50. The summed E-state index contributed by atoms with van der Waals surface area (Å²) in [6, 6.07) is 7.91. The van der Waals surface area contributed by atoms with Crippen LogP contribution in [0.2, 0.25) is 0 Å². The molecule has 0 bridgehead atoms. The molecule has 20 heavy (non-hydrogen) atoms. The van der Waals surface area contributed by atoms with Crippen molar-refractivity contribution >= 4 is 0 Å². The van der Waals surface area contributed by atoms with Crippen LogP contribution in [0.15, 0.2) is 24.3 Å². The molecule has 1 atom stereocenters. The minimum Gasteiger partial charge on any atom is -0.494 e. The quantitative estimate of drug-likeness (QED) is 0.539. The first kappa shape index (κ1) is 17.0. The van der Waals surface area contributed by atoms with E-state index in [0.717, 1.165) is 24.2 Å². The summed E-state index contributed by atoms with van der Waals surface area (Å²) in [7, 11) is 0. The van der Waals surface area contributed by atoms with Crippen LogP contribution in [0.25, 0.3) is 0 Å². The van der Waals surface area contributed by atoms with Crippen molar-refractivity contribution < 1.29 is 9.47 Å². The fourth-order valence-corrected chi connectivity index (χ4v) is 2.76. The fraction of sp³-hybridized carbons (Fsp3) is 0.625. The maximum Gasteiger partial charge on any atom is 0.124 e. The Kier molecular flexibility index (Phi) is 6.99. The van der Waals surface area contributed by atoms with Crippen molar-refractivity contribution in [1.82, 2.24) is 5.43 Å². The Bertz CT molecular complexity index is 392. The minimum atomic E-state index is -0.323. The van der Waals surface area contributed by atoms with Crippen molar-refractivity contribution in [3.8, 4) is 5.75 Å². The van der Waals surface area contributed by atoms with E-state index in [1.807, 2.05) is 32.0 Å². The summed E-state index contributed by atoms with van der Waals surface area (Å²) in [5.41, 5.74) is 3.67. The molecular weight excluding hydrogens is 252 g/mol. The lowest BCUT2D eigenvalue weighted by molar-refractivity contribution is -0.0738. The van der Waals surface area contributed by atoms with E-state index in [1.54, 1.807) is 0 Å². The van der Waals surface area contributed by atoms with E-state index < -0.39 is 0 Å². The van der Waals surface area contributed by atoms with Crippen molar-refractivity contribution in [2.45, 2.75) is 52.2 Å². The van der Waals surface area contributed by atoms with Gasteiger partial charge in [-0.25, -0.2) is 5.43 Å². The largest absolute Gasteiger partial charge is 0.494 e. The first-order valence-electron chi connectivity index (χ1n) is 7.50. The molecule has 1 unspecified atom stereocenters. The lowest BCUT2D eigenvalue weighted by atomic mass is 9.83. The first-order chi connectivity index (χ1) is 9.68. The summed E-state index contributed by atoms with van der Waals surface area (Å²) in [4.78, 5) is 0. The molecule has 1 aromatic rings. The zero-order valence-corrected chi connectivity index (χ0v) is 13.1. The number of rotatable bonds is 9. The van der Waals surface area contributed by atoms with E-state index in [2.05, 4.69) is 25.3 Å². The van der Waals surface area contributed by atoms with E-state index >= 15 is 0 Å². The Hall–Kier alpha value is -1.10. The number of hydrazine groups is 1. The molecule has 0 fully saturated rings. The maximum atomic E-state index is 6.07. The molecular formula is C16H28N2O2. The monoisotopic (exact) mass is 280 g/mol. The van der Waals surface area contributed by atoms with Crippen LogP contribution in [0.4, 0.5) is 0 Å². The third-order valence-electron chi connectivity index (χ3n) is 3.85. The van der Waals surface area contributed by atoms with Gasteiger partial charge in [-0.05, 0) is 32.8 Å². The summed E-state index contributed by atoms with van der Waals surface area (Å²) < 4.78 is 11.8. The Morgan fingerprint density at radius 2 is 1.75 bits per heavy atom. The number of nitrogens with one attached hydrogen (secondary N) is 1. The molecule has 0 heterocycles. The van der Waals surface area contributed by atoms with Crippen LogP contribution in [0.3, 0.4) is 0 Å². The summed E-state index contributed by atoms with van der Waals surface area (Å²) in [5.74, 6) is 6.72. The molecule has 0 spiro atoms. The topological polar surface area (TPSA) is 56.5 Å². The van der Waals surface area contributed by atoms with Gasteiger partial charge in [0.15, 0.2) is 0 Å². The molecule has 0 radical (unpaired) electrons. The van der Waals surface area contributed by atoms with Crippen molar-refractivity contribution in [2.24, 2.45) is 5.84 Å². The SMILES string of the molecule is CCOc1ccccc1C(NN)C(CC)(CC)OCC. The van der Waals surface area contributed by atoms with Crippen LogP contribution in [-0.4, -0.2) is 18.8 Å². The molecule has 1 aromatic carbocycles. The van der Waals surface area contributed by atoms with Gasteiger partial charge in [0.05, 0.1) is 18.2 Å². The van der Waals surface area contributed by atoms with Gasteiger partial charge in [0.25, 0.3) is 0 Å². The van der Waals surface area contributed by atoms with E-state index in [0.29, 0.717) is 13.2 Å². The minimum absolute atomic E-state index is 0.0970. The van der Waals surface area contributed by atoms with Crippen molar-refractivity contribution in [1.29, 1.82) is 0 Å². The van der Waals surface area contributed by atoms with Crippen LogP contribution >= 0.6 is 0 Å². The van der Waals surface area contributed by atoms with Gasteiger partial charge in [-0.2, -0.15) is 0 Å². The lowest BCUT2D eigenvalue weighted by Gasteiger charge is -2.39. The Labute approximate surface area is 122 Å². The second-order valence-electron chi connectivity index (χ2n) is 4.78. The van der Waals surface area contributed by atoms with Gasteiger partial charge in [0, 0.05) is 12.2 Å². The molecule has 0 aliphatic rings. The summed E-state index contributed by atoms with van der Waals surface area (Å²) in [6.07, 6.45) is 1.76. The van der Waals surface area contributed by atoms with Gasteiger partial charge in [0.1, 0.15) is 5.75 Å². The standard InChI is InChI=1S/C16H28N2O2/c1-5-16(6-2,20-8-4)15(18-17)13-11-9-10-12-14(13)19-7-3/h9-12,15,18H,5-8,17H2,1-4H3. The Balaban J connectivity index is 3.22. The maximum absolute atomic E-state index is 6.07. The predicted molar refractivity (Wildman–Crippen MR) is 82.6 cm³/mol. The molecule has 4 nitrogen and oxygen atoms in total. The second-order valence-corrected chi connectivity index (χ2v) is 4.78. The molecule has 1 rings (SSSR count). The number of hydrogen-bond acceptors (Lipinski definition) is 4. The highest BCUT2D eigenvalue weighted by Gasteiger charge is 2.38. The predicted octanol–water partition coefficient (Wildman–Crippen LogP) is 3.19. The Morgan fingerprint density at radius 3 is 2.25 bits per heavy atom. The molecule has 0 aromatic heterocycles. The zero-order valence-electron chi connectivity index (χ0n) is 13.1. The number of ether oxygens (including phenoxy) is 2. The molecule has 0 aliphatic heterocycles. The molecule has 114 valence electrons. The van der Waals surface area contributed by atoms with Gasteiger partial charge in [-0.15, -0.1) is 0 Å². The fourth-order valence-electron chi connectivity index (χ4n) is 2.76. The van der Waals surface area contributed by atoms with Gasteiger partial charge in [-0.3, -0.25) is 5.84 Å². The highest BCUT2D eigenvalue weighted by molar-refractivity contribution is 5.37. The lowest BCUT2D eigenvalue weighted by Crippen LogP contribution is -2.48. The second kappa shape index (κ2) is 8.25. The zero-order chi connectivity index (χ0) is 15.0. The van der Waals surface area contributed by atoms with Crippen LogP contribution in [0.1, 0.15) is 52.1 Å².